The number of nitrogen functional groups attached to an aromatic ring is 1. The van der Waals surface area contributed by atoms with Crippen molar-refractivity contribution < 1.29 is 9.26 Å². The number of ether oxygens (including phenoxy) is 1. The molecule has 5 heteroatoms. The number of aryl methyl sites for hydroxylation is 1. The van der Waals surface area contributed by atoms with Gasteiger partial charge < -0.3 is 19.6 Å². The second kappa shape index (κ2) is 3.80. The van der Waals surface area contributed by atoms with Gasteiger partial charge in [0.1, 0.15) is 11.4 Å². The SMILES string of the molecule is COc1cc2ccn(C)c2cc1-c1cc(N)on1. The van der Waals surface area contributed by atoms with Crippen LogP contribution in [0.15, 0.2) is 35.0 Å². The number of anilines is 1. The largest absolute Gasteiger partial charge is 0.496 e. The molecular formula is C13H13N3O2. The average Bonchev–Trinajstić information content (AvgIpc) is 2.95. The summed E-state index contributed by atoms with van der Waals surface area (Å²) in [6, 6.07) is 7.73. The van der Waals surface area contributed by atoms with Crippen LogP contribution in [0.1, 0.15) is 0 Å². The Morgan fingerprint density at radius 2 is 2.17 bits per heavy atom. The molecule has 0 amide bonds. The lowest BCUT2D eigenvalue weighted by Crippen LogP contribution is -1.90. The molecule has 2 heterocycles. The van der Waals surface area contributed by atoms with Crippen LogP contribution in [0.5, 0.6) is 5.75 Å². The molecule has 0 aliphatic heterocycles. The van der Waals surface area contributed by atoms with Gasteiger partial charge in [-0.15, -0.1) is 0 Å². The number of aromatic nitrogens is 2. The van der Waals surface area contributed by atoms with E-state index in [1.165, 1.54) is 0 Å². The summed E-state index contributed by atoms with van der Waals surface area (Å²) in [5.74, 6) is 1.04. The summed E-state index contributed by atoms with van der Waals surface area (Å²) < 4.78 is 12.3. The van der Waals surface area contributed by atoms with E-state index in [1.54, 1.807) is 13.2 Å². The first-order valence-electron chi connectivity index (χ1n) is 5.54. The van der Waals surface area contributed by atoms with Crippen molar-refractivity contribution >= 4 is 16.8 Å². The molecule has 2 aromatic heterocycles. The highest BCUT2D eigenvalue weighted by Gasteiger charge is 2.13. The number of nitrogens with two attached hydrogens (primary N) is 1. The third-order valence-corrected chi connectivity index (χ3v) is 3.01. The highest BCUT2D eigenvalue weighted by atomic mass is 16.5. The summed E-state index contributed by atoms with van der Waals surface area (Å²) in [7, 11) is 3.63. The second-order valence-electron chi connectivity index (χ2n) is 4.15. The minimum Gasteiger partial charge on any atom is -0.496 e. The van der Waals surface area contributed by atoms with Gasteiger partial charge in [0, 0.05) is 35.8 Å². The molecule has 0 spiro atoms. The van der Waals surface area contributed by atoms with E-state index < -0.39 is 0 Å². The topological polar surface area (TPSA) is 66.2 Å². The molecule has 1 aromatic carbocycles. The van der Waals surface area contributed by atoms with E-state index in [-0.39, 0.29) is 0 Å². The van der Waals surface area contributed by atoms with Crippen LogP contribution in [0.25, 0.3) is 22.2 Å². The highest BCUT2D eigenvalue weighted by molar-refractivity contribution is 5.88. The fraction of sp³-hybridized carbons (Fsp3) is 0.154. The molecule has 0 saturated heterocycles. The molecule has 0 fully saturated rings. The first-order valence-corrected chi connectivity index (χ1v) is 5.54. The second-order valence-corrected chi connectivity index (χ2v) is 4.15. The van der Waals surface area contributed by atoms with Crippen molar-refractivity contribution in [3.8, 4) is 17.0 Å². The number of methoxy groups -OCH3 is 1. The van der Waals surface area contributed by atoms with Crippen molar-refractivity contribution in [2.24, 2.45) is 7.05 Å². The molecule has 0 unspecified atom stereocenters. The maximum absolute atomic E-state index is 5.55. The third kappa shape index (κ3) is 1.52. The number of hydrogen-bond acceptors (Lipinski definition) is 4. The molecule has 3 aromatic rings. The van der Waals surface area contributed by atoms with Crippen molar-refractivity contribution in [1.82, 2.24) is 9.72 Å². The molecule has 92 valence electrons. The first-order chi connectivity index (χ1) is 8.69. The zero-order valence-corrected chi connectivity index (χ0v) is 10.2. The van der Waals surface area contributed by atoms with Gasteiger partial charge in [0.2, 0.25) is 5.88 Å². The number of hydrogen-bond donors (Lipinski definition) is 1. The molecule has 0 saturated carbocycles. The van der Waals surface area contributed by atoms with Gasteiger partial charge in [-0.2, -0.15) is 0 Å². The maximum Gasteiger partial charge on any atom is 0.222 e. The lowest BCUT2D eigenvalue weighted by Gasteiger charge is -2.07. The predicted molar refractivity (Wildman–Crippen MR) is 69.4 cm³/mol. The summed E-state index contributed by atoms with van der Waals surface area (Å²) >= 11 is 0. The molecule has 2 N–H and O–H groups in total. The van der Waals surface area contributed by atoms with Crippen LogP contribution >= 0.6 is 0 Å². The Hall–Kier alpha value is -2.43. The molecule has 0 bridgehead atoms. The van der Waals surface area contributed by atoms with Gasteiger partial charge in [0.05, 0.1) is 7.11 Å². The smallest absolute Gasteiger partial charge is 0.222 e. The van der Waals surface area contributed by atoms with Crippen molar-refractivity contribution in [2.45, 2.75) is 0 Å². The van der Waals surface area contributed by atoms with E-state index in [9.17, 15) is 0 Å². The first kappa shape index (κ1) is 10.7. The van der Waals surface area contributed by atoms with Crippen molar-refractivity contribution in [3.63, 3.8) is 0 Å². The van der Waals surface area contributed by atoms with E-state index >= 15 is 0 Å². The Balaban J connectivity index is 2.28. The van der Waals surface area contributed by atoms with Crippen molar-refractivity contribution in [3.05, 3.63) is 30.5 Å². The summed E-state index contributed by atoms with van der Waals surface area (Å²) in [5, 5.41) is 5.05. The van der Waals surface area contributed by atoms with E-state index in [0.717, 1.165) is 22.2 Å². The van der Waals surface area contributed by atoms with Crippen LogP contribution in [0.3, 0.4) is 0 Å². The number of fused-ring (bicyclic) bond motifs is 1. The minimum atomic E-state index is 0.291. The van der Waals surface area contributed by atoms with Crippen LogP contribution in [0, 0.1) is 0 Å². The molecule has 18 heavy (non-hydrogen) atoms. The van der Waals surface area contributed by atoms with Crippen LogP contribution < -0.4 is 10.5 Å². The minimum absolute atomic E-state index is 0.291. The van der Waals surface area contributed by atoms with E-state index in [4.69, 9.17) is 15.0 Å². The maximum atomic E-state index is 5.55. The van der Waals surface area contributed by atoms with Crippen LogP contribution in [-0.2, 0) is 7.05 Å². The standard InChI is InChI=1S/C13H13N3O2/c1-16-4-3-8-5-12(17-2)9(6-11(8)16)10-7-13(14)18-15-10/h3-7H,14H2,1-2H3. The van der Waals surface area contributed by atoms with E-state index in [1.807, 2.05) is 36.0 Å². The van der Waals surface area contributed by atoms with Gasteiger partial charge >= 0.3 is 0 Å². The molecule has 3 rings (SSSR count). The van der Waals surface area contributed by atoms with Gasteiger partial charge in [0.15, 0.2) is 0 Å². The Morgan fingerprint density at radius 3 is 2.83 bits per heavy atom. The number of rotatable bonds is 2. The number of benzene rings is 1. The summed E-state index contributed by atoms with van der Waals surface area (Å²) in [6.45, 7) is 0. The molecule has 0 atom stereocenters. The summed E-state index contributed by atoms with van der Waals surface area (Å²) in [5.41, 5.74) is 8.20. The van der Waals surface area contributed by atoms with Gasteiger partial charge in [-0.25, -0.2) is 0 Å². The van der Waals surface area contributed by atoms with Crippen molar-refractivity contribution in [1.29, 1.82) is 0 Å². The quantitative estimate of drug-likeness (QED) is 0.750. The molecular weight excluding hydrogens is 230 g/mol. The van der Waals surface area contributed by atoms with Crippen LogP contribution in [0.2, 0.25) is 0 Å². The zero-order chi connectivity index (χ0) is 12.7. The molecule has 0 radical (unpaired) electrons. The fourth-order valence-electron chi connectivity index (χ4n) is 2.08. The Bertz CT molecular complexity index is 712. The van der Waals surface area contributed by atoms with Crippen LogP contribution in [0.4, 0.5) is 5.88 Å². The Kier molecular flexibility index (Phi) is 2.26. The normalized spacial score (nSPS) is 11.0. The molecule has 5 nitrogen and oxygen atoms in total. The van der Waals surface area contributed by atoms with Gasteiger partial charge in [-0.3, -0.25) is 0 Å². The molecule has 0 aliphatic carbocycles. The Morgan fingerprint density at radius 1 is 1.33 bits per heavy atom. The third-order valence-electron chi connectivity index (χ3n) is 3.01. The van der Waals surface area contributed by atoms with Gasteiger partial charge in [-0.05, 0) is 18.2 Å². The monoisotopic (exact) mass is 243 g/mol. The van der Waals surface area contributed by atoms with Crippen LogP contribution in [-0.4, -0.2) is 16.8 Å². The van der Waals surface area contributed by atoms with Gasteiger partial charge in [0.25, 0.3) is 0 Å². The van der Waals surface area contributed by atoms with E-state index in [0.29, 0.717) is 11.6 Å². The lowest BCUT2D eigenvalue weighted by molar-refractivity contribution is 0.414. The van der Waals surface area contributed by atoms with E-state index in [2.05, 4.69) is 5.16 Å². The highest BCUT2D eigenvalue weighted by Crippen LogP contribution is 2.34. The lowest BCUT2D eigenvalue weighted by atomic mass is 10.1. The van der Waals surface area contributed by atoms with Gasteiger partial charge in [-0.1, -0.05) is 5.16 Å². The average molecular weight is 243 g/mol. The predicted octanol–water partition coefficient (Wildman–Crippen LogP) is 2.42. The summed E-state index contributed by atoms with van der Waals surface area (Å²) in [6.07, 6.45) is 2.01. The van der Waals surface area contributed by atoms with Crippen molar-refractivity contribution in [2.75, 3.05) is 12.8 Å². The number of nitrogens with zero attached hydrogens (tertiary/aromatic N) is 2. The molecule has 0 aliphatic rings. The zero-order valence-electron chi connectivity index (χ0n) is 10.2. The Labute approximate surface area is 104 Å². The summed E-state index contributed by atoms with van der Waals surface area (Å²) in [4.78, 5) is 0. The fourth-order valence-corrected chi connectivity index (χ4v) is 2.08.